The second-order valence-corrected chi connectivity index (χ2v) is 4.63. The molecule has 0 fully saturated rings. The van der Waals surface area contributed by atoms with Crippen molar-refractivity contribution in [2.75, 3.05) is 0 Å². The molecule has 3 aromatic rings. The van der Waals surface area contributed by atoms with Gasteiger partial charge in [-0.05, 0) is 29.8 Å². The fraction of sp³-hybridized carbons (Fsp3) is 0.0714. The van der Waals surface area contributed by atoms with Crippen molar-refractivity contribution in [2.45, 2.75) is 6.42 Å². The summed E-state index contributed by atoms with van der Waals surface area (Å²) in [5.41, 5.74) is 3.19. The van der Waals surface area contributed by atoms with Gasteiger partial charge in [-0.1, -0.05) is 6.07 Å². The van der Waals surface area contributed by atoms with E-state index in [1.165, 1.54) is 6.07 Å². The fourth-order valence-electron chi connectivity index (χ4n) is 2.17. The first-order chi connectivity index (χ1) is 10.6. The van der Waals surface area contributed by atoms with Gasteiger partial charge in [-0.25, -0.2) is 14.6 Å². The van der Waals surface area contributed by atoms with Crippen LogP contribution in [0.25, 0.3) is 5.65 Å². The summed E-state index contributed by atoms with van der Waals surface area (Å²) in [6.45, 7) is 0. The van der Waals surface area contributed by atoms with Crippen molar-refractivity contribution < 1.29 is 13.6 Å². The Kier molecular flexibility index (Phi) is 3.51. The van der Waals surface area contributed by atoms with E-state index in [0.717, 1.165) is 12.1 Å². The van der Waals surface area contributed by atoms with E-state index in [1.54, 1.807) is 22.7 Å². The van der Waals surface area contributed by atoms with E-state index in [4.69, 9.17) is 5.84 Å². The van der Waals surface area contributed by atoms with Gasteiger partial charge in [0.05, 0.1) is 5.56 Å². The lowest BCUT2D eigenvalue weighted by molar-refractivity contribution is 0.0954. The Morgan fingerprint density at radius 2 is 2.05 bits per heavy atom. The van der Waals surface area contributed by atoms with Crippen LogP contribution in [-0.4, -0.2) is 20.5 Å². The lowest BCUT2D eigenvalue weighted by atomic mass is 10.1. The first-order valence-corrected chi connectivity index (χ1v) is 6.37. The highest BCUT2D eigenvalue weighted by atomic mass is 19.2. The predicted octanol–water partition coefficient (Wildman–Crippen LogP) is 1.20. The Balaban J connectivity index is 2.01. The third kappa shape index (κ3) is 2.40. The van der Waals surface area contributed by atoms with Crippen LogP contribution in [0.1, 0.15) is 21.7 Å². The molecule has 0 saturated carbocycles. The molecule has 0 aliphatic carbocycles. The quantitative estimate of drug-likeness (QED) is 0.432. The smallest absolute Gasteiger partial charge is 0.269 e. The van der Waals surface area contributed by atoms with Crippen molar-refractivity contribution in [3.63, 3.8) is 0 Å². The summed E-state index contributed by atoms with van der Waals surface area (Å²) in [5.74, 6) is 3.30. The molecule has 2 heterocycles. The summed E-state index contributed by atoms with van der Waals surface area (Å²) in [6, 6.07) is 6.84. The fourth-order valence-corrected chi connectivity index (χ4v) is 2.17. The first kappa shape index (κ1) is 14.1. The van der Waals surface area contributed by atoms with Gasteiger partial charge in [0, 0.05) is 12.6 Å². The predicted molar refractivity (Wildman–Crippen MR) is 73.8 cm³/mol. The summed E-state index contributed by atoms with van der Waals surface area (Å²) in [5, 5.41) is 7.95. The Morgan fingerprint density at radius 3 is 2.77 bits per heavy atom. The average molecular weight is 303 g/mol. The number of rotatable bonds is 3. The minimum atomic E-state index is -0.922. The zero-order valence-corrected chi connectivity index (χ0v) is 11.3. The van der Waals surface area contributed by atoms with Gasteiger partial charge in [-0.15, -0.1) is 10.2 Å². The number of benzene rings is 1. The summed E-state index contributed by atoms with van der Waals surface area (Å²) >= 11 is 0. The number of halogens is 2. The van der Waals surface area contributed by atoms with Crippen LogP contribution in [0.4, 0.5) is 8.78 Å². The topological polar surface area (TPSA) is 85.3 Å². The van der Waals surface area contributed by atoms with Crippen molar-refractivity contribution >= 4 is 11.6 Å². The molecule has 0 atom stereocenters. The highest BCUT2D eigenvalue weighted by molar-refractivity contribution is 5.99. The normalized spacial score (nSPS) is 10.9. The number of nitrogen functional groups attached to an aromatic ring is 1. The monoisotopic (exact) mass is 303 g/mol. The highest BCUT2D eigenvalue weighted by Gasteiger charge is 2.14. The number of carbonyl (C=O) groups excluding carboxylic acids is 1. The zero-order chi connectivity index (χ0) is 15.7. The van der Waals surface area contributed by atoms with Gasteiger partial charge in [0.25, 0.3) is 5.91 Å². The molecule has 22 heavy (non-hydrogen) atoms. The molecule has 2 aromatic heterocycles. The number of aromatic nitrogens is 3. The van der Waals surface area contributed by atoms with Crippen LogP contribution in [0.15, 0.2) is 36.5 Å². The standard InChI is InChI=1S/C14H11F2N5O/c15-10-4-3-8(6-11(10)16)7-12-19-20-13-9(14(22)18-17)2-1-5-21(12)13/h1-6H,7,17H2,(H,18,22). The van der Waals surface area contributed by atoms with Crippen LogP contribution in [0.3, 0.4) is 0 Å². The number of fused-ring (bicyclic) bond motifs is 1. The molecule has 3 rings (SSSR count). The summed E-state index contributed by atoms with van der Waals surface area (Å²) in [7, 11) is 0. The summed E-state index contributed by atoms with van der Waals surface area (Å²) < 4.78 is 27.8. The lowest BCUT2D eigenvalue weighted by Gasteiger charge is -2.04. The average Bonchev–Trinajstić information content (AvgIpc) is 2.93. The van der Waals surface area contributed by atoms with E-state index in [-0.39, 0.29) is 12.0 Å². The molecule has 0 radical (unpaired) electrons. The van der Waals surface area contributed by atoms with Crippen molar-refractivity contribution in [2.24, 2.45) is 5.84 Å². The largest absolute Gasteiger partial charge is 0.290 e. The molecule has 0 bridgehead atoms. The van der Waals surface area contributed by atoms with E-state index in [1.807, 2.05) is 5.43 Å². The molecule has 0 saturated heterocycles. The van der Waals surface area contributed by atoms with Crippen LogP contribution >= 0.6 is 0 Å². The summed E-state index contributed by atoms with van der Waals surface area (Å²) in [6.07, 6.45) is 1.92. The number of hydrogen-bond acceptors (Lipinski definition) is 4. The molecule has 0 spiro atoms. The SMILES string of the molecule is NNC(=O)c1cccn2c(Cc3ccc(F)c(F)c3)nnc12. The van der Waals surface area contributed by atoms with Gasteiger partial charge in [0.1, 0.15) is 5.82 Å². The first-order valence-electron chi connectivity index (χ1n) is 6.37. The molecule has 1 aromatic carbocycles. The van der Waals surface area contributed by atoms with Crippen molar-refractivity contribution in [3.8, 4) is 0 Å². The third-order valence-corrected chi connectivity index (χ3v) is 3.23. The number of amides is 1. The van der Waals surface area contributed by atoms with Crippen LogP contribution in [0, 0.1) is 11.6 Å². The van der Waals surface area contributed by atoms with E-state index < -0.39 is 17.5 Å². The van der Waals surface area contributed by atoms with Crippen molar-refractivity contribution in [1.82, 2.24) is 20.0 Å². The van der Waals surface area contributed by atoms with E-state index in [0.29, 0.717) is 17.0 Å². The molecule has 0 unspecified atom stereocenters. The van der Waals surface area contributed by atoms with Gasteiger partial charge < -0.3 is 0 Å². The van der Waals surface area contributed by atoms with Gasteiger partial charge in [-0.2, -0.15) is 0 Å². The maximum atomic E-state index is 13.3. The minimum Gasteiger partial charge on any atom is -0.290 e. The lowest BCUT2D eigenvalue weighted by Crippen LogP contribution is -2.30. The van der Waals surface area contributed by atoms with Crippen LogP contribution in [-0.2, 0) is 6.42 Å². The van der Waals surface area contributed by atoms with Gasteiger partial charge >= 0.3 is 0 Å². The number of hydrazine groups is 1. The molecule has 6 nitrogen and oxygen atoms in total. The maximum Gasteiger partial charge on any atom is 0.269 e. The van der Waals surface area contributed by atoms with E-state index in [2.05, 4.69) is 10.2 Å². The molecule has 0 aliphatic heterocycles. The van der Waals surface area contributed by atoms with Crippen LogP contribution in [0.5, 0.6) is 0 Å². The molecular formula is C14H11F2N5O. The van der Waals surface area contributed by atoms with Gasteiger partial charge in [0.2, 0.25) is 0 Å². The second kappa shape index (κ2) is 5.49. The van der Waals surface area contributed by atoms with Crippen LogP contribution < -0.4 is 11.3 Å². The number of nitrogens with two attached hydrogens (primary N) is 1. The number of nitrogens with one attached hydrogen (secondary N) is 1. The number of hydrogen-bond donors (Lipinski definition) is 2. The third-order valence-electron chi connectivity index (χ3n) is 3.23. The van der Waals surface area contributed by atoms with Crippen molar-refractivity contribution in [3.05, 3.63) is 65.1 Å². The summed E-state index contributed by atoms with van der Waals surface area (Å²) in [4.78, 5) is 11.7. The number of carbonyl (C=O) groups is 1. The van der Waals surface area contributed by atoms with Gasteiger partial charge in [-0.3, -0.25) is 14.6 Å². The Labute approximate surface area is 123 Å². The van der Waals surface area contributed by atoms with Crippen molar-refractivity contribution in [1.29, 1.82) is 0 Å². The molecule has 3 N–H and O–H groups in total. The Morgan fingerprint density at radius 1 is 1.23 bits per heavy atom. The minimum absolute atomic E-state index is 0.242. The van der Waals surface area contributed by atoms with E-state index >= 15 is 0 Å². The van der Waals surface area contributed by atoms with Crippen LogP contribution in [0.2, 0.25) is 0 Å². The number of pyridine rings is 1. The molecular weight excluding hydrogens is 292 g/mol. The Hall–Kier alpha value is -2.87. The Bertz CT molecular complexity index is 862. The number of nitrogens with zero attached hydrogens (tertiary/aromatic N) is 3. The van der Waals surface area contributed by atoms with Gasteiger partial charge in [0.15, 0.2) is 17.3 Å². The molecule has 8 heteroatoms. The van der Waals surface area contributed by atoms with E-state index in [9.17, 15) is 13.6 Å². The molecule has 1 amide bonds. The second-order valence-electron chi connectivity index (χ2n) is 4.63. The molecule has 112 valence electrons. The maximum absolute atomic E-state index is 13.3. The molecule has 0 aliphatic rings. The zero-order valence-electron chi connectivity index (χ0n) is 11.3. The highest BCUT2D eigenvalue weighted by Crippen LogP contribution is 2.15.